The van der Waals surface area contributed by atoms with Gasteiger partial charge >= 0.3 is 0 Å². The highest BCUT2D eigenvalue weighted by Gasteiger charge is 2.19. The van der Waals surface area contributed by atoms with Gasteiger partial charge in [0.2, 0.25) is 5.91 Å². The van der Waals surface area contributed by atoms with Gasteiger partial charge in [-0.1, -0.05) is 29.8 Å². The van der Waals surface area contributed by atoms with Crippen LogP contribution in [0.15, 0.2) is 24.3 Å². The molecule has 1 aromatic carbocycles. The Kier molecular flexibility index (Phi) is 8.15. The van der Waals surface area contributed by atoms with Crippen molar-refractivity contribution in [3.63, 3.8) is 0 Å². The standard InChI is InChI=1S/C16H24N2OS.ClH/c1-12-3-2-4-13(9-12)10-20-11-16(19)18-15-7-5-14(17)6-8-15;/h2-4,9,14-15H,5-8,10-11,17H2,1H3,(H,18,19);1H. The average Bonchev–Trinajstić information content (AvgIpc) is 2.41. The van der Waals surface area contributed by atoms with Crippen LogP contribution in [0.3, 0.4) is 0 Å². The zero-order chi connectivity index (χ0) is 14.4. The molecule has 1 fully saturated rings. The van der Waals surface area contributed by atoms with E-state index in [1.807, 2.05) is 0 Å². The summed E-state index contributed by atoms with van der Waals surface area (Å²) in [5.41, 5.74) is 8.42. The number of carbonyl (C=O) groups is 1. The van der Waals surface area contributed by atoms with Crippen LogP contribution >= 0.6 is 24.2 Å². The van der Waals surface area contributed by atoms with Crippen LogP contribution in [-0.2, 0) is 10.5 Å². The van der Waals surface area contributed by atoms with Crippen LogP contribution in [-0.4, -0.2) is 23.7 Å². The molecule has 1 aliphatic rings. The summed E-state index contributed by atoms with van der Waals surface area (Å²) in [5, 5.41) is 3.12. The maximum Gasteiger partial charge on any atom is 0.230 e. The molecule has 0 radical (unpaired) electrons. The fourth-order valence-corrected chi connectivity index (χ4v) is 3.38. The van der Waals surface area contributed by atoms with Crippen molar-refractivity contribution in [2.24, 2.45) is 5.73 Å². The Morgan fingerprint density at radius 2 is 2.05 bits per heavy atom. The highest BCUT2D eigenvalue weighted by atomic mass is 35.5. The summed E-state index contributed by atoms with van der Waals surface area (Å²) in [6.07, 6.45) is 4.10. The topological polar surface area (TPSA) is 55.1 Å². The lowest BCUT2D eigenvalue weighted by atomic mass is 9.92. The summed E-state index contributed by atoms with van der Waals surface area (Å²) in [6, 6.07) is 9.11. The molecule has 1 aromatic rings. The molecule has 1 aliphatic carbocycles. The third kappa shape index (κ3) is 6.72. The Morgan fingerprint density at radius 1 is 1.33 bits per heavy atom. The molecule has 0 aliphatic heterocycles. The van der Waals surface area contributed by atoms with Gasteiger partial charge < -0.3 is 11.1 Å². The maximum absolute atomic E-state index is 11.9. The monoisotopic (exact) mass is 328 g/mol. The number of hydrogen-bond acceptors (Lipinski definition) is 3. The Balaban J connectivity index is 0.00000220. The molecular weight excluding hydrogens is 304 g/mol. The Bertz CT molecular complexity index is 448. The number of thioether (sulfide) groups is 1. The smallest absolute Gasteiger partial charge is 0.230 e. The van der Waals surface area contributed by atoms with Crippen LogP contribution < -0.4 is 11.1 Å². The van der Waals surface area contributed by atoms with Gasteiger partial charge in [0.1, 0.15) is 0 Å². The highest BCUT2D eigenvalue weighted by molar-refractivity contribution is 7.99. The van der Waals surface area contributed by atoms with Crippen LogP contribution in [0.25, 0.3) is 0 Å². The highest BCUT2D eigenvalue weighted by Crippen LogP contribution is 2.17. The first-order valence-corrected chi connectivity index (χ1v) is 8.47. The van der Waals surface area contributed by atoms with Crippen molar-refractivity contribution >= 4 is 30.1 Å². The number of aryl methyl sites for hydroxylation is 1. The predicted molar refractivity (Wildman–Crippen MR) is 93.0 cm³/mol. The molecule has 0 heterocycles. The maximum atomic E-state index is 11.9. The molecule has 0 bridgehead atoms. The van der Waals surface area contributed by atoms with E-state index in [4.69, 9.17) is 5.73 Å². The normalized spacial score (nSPS) is 21.4. The molecule has 0 unspecified atom stereocenters. The van der Waals surface area contributed by atoms with Crippen molar-refractivity contribution in [1.82, 2.24) is 5.32 Å². The number of amides is 1. The number of carbonyl (C=O) groups excluding carboxylic acids is 1. The lowest BCUT2D eigenvalue weighted by Crippen LogP contribution is -2.41. The quantitative estimate of drug-likeness (QED) is 0.873. The third-order valence-electron chi connectivity index (χ3n) is 3.72. The van der Waals surface area contributed by atoms with Crippen molar-refractivity contribution in [2.45, 2.75) is 50.4 Å². The summed E-state index contributed by atoms with van der Waals surface area (Å²) in [4.78, 5) is 11.9. The fourth-order valence-electron chi connectivity index (χ4n) is 2.60. The van der Waals surface area contributed by atoms with Crippen molar-refractivity contribution in [1.29, 1.82) is 0 Å². The van der Waals surface area contributed by atoms with E-state index in [2.05, 4.69) is 36.5 Å². The van der Waals surface area contributed by atoms with E-state index in [1.54, 1.807) is 11.8 Å². The molecule has 1 saturated carbocycles. The van der Waals surface area contributed by atoms with Gasteiger partial charge in [-0.3, -0.25) is 4.79 Å². The minimum atomic E-state index is 0. The number of rotatable bonds is 5. The predicted octanol–water partition coefficient (Wildman–Crippen LogP) is 3.04. The van der Waals surface area contributed by atoms with E-state index in [0.29, 0.717) is 17.8 Å². The van der Waals surface area contributed by atoms with Crippen molar-refractivity contribution in [3.05, 3.63) is 35.4 Å². The first-order valence-electron chi connectivity index (χ1n) is 7.31. The molecule has 3 N–H and O–H groups in total. The molecule has 0 aromatic heterocycles. The van der Waals surface area contributed by atoms with E-state index >= 15 is 0 Å². The number of halogens is 1. The van der Waals surface area contributed by atoms with E-state index in [9.17, 15) is 4.79 Å². The lowest BCUT2D eigenvalue weighted by Gasteiger charge is -2.26. The Morgan fingerprint density at radius 3 is 2.71 bits per heavy atom. The summed E-state index contributed by atoms with van der Waals surface area (Å²) >= 11 is 1.68. The number of nitrogens with one attached hydrogen (secondary N) is 1. The van der Waals surface area contributed by atoms with Gasteiger partial charge in [-0.25, -0.2) is 0 Å². The van der Waals surface area contributed by atoms with Crippen LogP contribution in [0, 0.1) is 6.92 Å². The summed E-state index contributed by atoms with van der Waals surface area (Å²) in [7, 11) is 0. The largest absolute Gasteiger partial charge is 0.353 e. The van der Waals surface area contributed by atoms with Crippen LogP contribution in [0.2, 0.25) is 0 Å². The van der Waals surface area contributed by atoms with Gasteiger partial charge in [-0.2, -0.15) is 0 Å². The van der Waals surface area contributed by atoms with Crippen LogP contribution in [0.5, 0.6) is 0 Å². The lowest BCUT2D eigenvalue weighted by molar-refractivity contribution is -0.119. The molecule has 21 heavy (non-hydrogen) atoms. The summed E-state index contributed by atoms with van der Waals surface area (Å²) < 4.78 is 0. The van der Waals surface area contributed by atoms with Crippen molar-refractivity contribution in [2.75, 3.05) is 5.75 Å². The number of nitrogens with two attached hydrogens (primary N) is 1. The first kappa shape index (κ1) is 18.3. The van der Waals surface area contributed by atoms with Gasteiger partial charge in [0.15, 0.2) is 0 Å². The molecule has 0 atom stereocenters. The second kappa shape index (κ2) is 9.34. The molecule has 0 spiro atoms. The molecule has 5 heteroatoms. The molecule has 3 nitrogen and oxygen atoms in total. The third-order valence-corrected chi connectivity index (χ3v) is 4.73. The van der Waals surface area contributed by atoms with E-state index in [-0.39, 0.29) is 18.3 Å². The van der Waals surface area contributed by atoms with Gasteiger partial charge in [-0.05, 0) is 38.2 Å². The van der Waals surface area contributed by atoms with Gasteiger partial charge in [0, 0.05) is 17.8 Å². The molecule has 2 rings (SSSR count). The zero-order valence-electron chi connectivity index (χ0n) is 12.5. The zero-order valence-corrected chi connectivity index (χ0v) is 14.1. The molecule has 0 saturated heterocycles. The molecule has 1 amide bonds. The minimum absolute atomic E-state index is 0. The van der Waals surface area contributed by atoms with Crippen LogP contribution in [0.1, 0.15) is 36.8 Å². The molecule has 118 valence electrons. The van der Waals surface area contributed by atoms with E-state index in [1.165, 1.54) is 11.1 Å². The van der Waals surface area contributed by atoms with E-state index in [0.717, 1.165) is 31.4 Å². The second-order valence-electron chi connectivity index (χ2n) is 5.66. The summed E-state index contributed by atoms with van der Waals surface area (Å²) in [6.45, 7) is 2.09. The molecular formula is C16H25ClN2OS. The number of hydrogen-bond donors (Lipinski definition) is 2. The first-order chi connectivity index (χ1) is 9.63. The van der Waals surface area contributed by atoms with E-state index < -0.39 is 0 Å². The second-order valence-corrected chi connectivity index (χ2v) is 6.65. The Hall–Kier alpha value is -0.710. The average molecular weight is 329 g/mol. The van der Waals surface area contributed by atoms with Gasteiger partial charge in [-0.15, -0.1) is 24.2 Å². The van der Waals surface area contributed by atoms with Gasteiger partial charge in [0.25, 0.3) is 0 Å². The SMILES string of the molecule is Cc1cccc(CSCC(=O)NC2CCC(N)CC2)c1.Cl. The summed E-state index contributed by atoms with van der Waals surface area (Å²) in [5.74, 6) is 1.59. The number of benzene rings is 1. The Labute approximate surface area is 137 Å². The fraction of sp³-hybridized carbons (Fsp3) is 0.562. The minimum Gasteiger partial charge on any atom is -0.353 e. The van der Waals surface area contributed by atoms with Crippen molar-refractivity contribution < 1.29 is 4.79 Å². The van der Waals surface area contributed by atoms with Crippen molar-refractivity contribution in [3.8, 4) is 0 Å². The van der Waals surface area contributed by atoms with Gasteiger partial charge in [0.05, 0.1) is 5.75 Å². The van der Waals surface area contributed by atoms with Crippen LogP contribution in [0.4, 0.5) is 0 Å².